The van der Waals surface area contributed by atoms with Gasteiger partial charge in [-0.1, -0.05) is 19.3 Å². The molecular weight excluding hydrogens is 487 g/mol. The summed E-state index contributed by atoms with van der Waals surface area (Å²) in [5.74, 6) is 0.124. The molecule has 0 saturated heterocycles. The van der Waals surface area contributed by atoms with Gasteiger partial charge in [0.25, 0.3) is 0 Å². The van der Waals surface area contributed by atoms with Crippen LogP contribution >= 0.6 is 0 Å². The molecule has 3 N–H and O–H groups in total. The van der Waals surface area contributed by atoms with Crippen molar-refractivity contribution in [1.82, 2.24) is 15.0 Å². The van der Waals surface area contributed by atoms with Gasteiger partial charge in [-0.3, -0.25) is 4.98 Å². The first-order valence-corrected chi connectivity index (χ1v) is 12.1. The van der Waals surface area contributed by atoms with Gasteiger partial charge in [-0.15, -0.1) is 0 Å². The Morgan fingerprint density at radius 1 is 1.08 bits per heavy atom. The normalized spacial score (nSPS) is 14.6. The number of anilines is 4. The number of aromatic amines is 1. The van der Waals surface area contributed by atoms with E-state index in [0.717, 1.165) is 31.7 Å². The van der Waals surface area contributed by atoms with Gasteiger partial charge in [-0.05, 0) is 62.1 Å². The number of halogens is 3. The van der Waals surface area contributed by atoms with Gasteiger partial charge in [0.1, 0.15) is 11.6 Å². The van der Waals surface area contributed by atoms with E-state index in [-0.39, 0.29) is 29.9 Å². The maximum atomic E-state index is 13.8. The zero-order chi connectivity index (χ0) is 26.0. The number of hydrogen-bond donors (Lipinski definition) is 3. The Balaban J connectivity index is 1.34. The lowest BCUT2D eigenvalue weighted by Crippen LogP contribution is -2.17. The Hall–Kier alpha value is -4.02. The standard InChI is InChI=1S/C26H26F3N5O3/c1-15-13-30-24(34-23(15)31-18-8-10-22-20(12-18)33-25(35)37-22)32-17-7-9-21(19(11-17)26(27,28)29)36-14-16-5-3-2-4-6-16/h7-13,16H,2-6,14H2,1H3,(H,33,35)(H2,30,31,32,34). The first-order chi connectivity index (χ1) is 17.7. The molecule has 0 radical (unpaired) electrons. The molecular formula is C26H26F3N5O3. The molecule has 2 heterocycles. The molecule has 0 atom stereocenters. The van der Waals surface area contributed by atoms with Crippen LogP contribution in [0.15, 0.2) is 51.8 Å². The monoisotopic (exact) mass is 513 g/mol. The lowest BCUT2D eigenvalue weighted by Gasteiger charge is -2.23. The second-order valence-corrected chi connectivity index (χ2v) is 9.22. The van der Waals surface area contributed by atoms with E-state index < -0.39 is 17.5 Å². The van der Waals surface area contributed by atoms with E-state index in [1.165, 1.54) is 18.6 Å². The molecule has 37 heavy (non-hydrogen) atoms. The summed E-state index contributed by atoms with van der Waals surface area (Å²) in [5, 5.41) is 5.99. The van der Waals surface area contributed by atoms with Crippen molar-refractivity contribution in [2.75, 3.05) is 17.2 Å². The maximum absolute atomic E-state index is 13.8. The zero-order valence-electron chi connectivity index (χ0n) is 20.1. The molecule has 0 aliphatic heterocycles. The van der Waals surface area contributed by atoms with Gasteiger partial charge >= 0.3 is 11.9 Å². The Kier molecular flexibility index (Phi) is 6.77. The Labute approximate surface area is 210 Å². The lowest BCUT2D eigenvalue weighted by molar-refractivity contribution is -0.139. The summed E-state index contributed by atoms with van der Waals surface area (Å²) >= 11 is 0. The molecule has 0 bridgehead atoms. The van der Waals surface area contributed by atoms with E-state index in [1.807, 2.05) is 0 Å². The van der Waals surface area contributed by atoms with Gasteiger partial charge in [0.2, 0.25) is 5.95 Å². The van der Waals surface area contributed by atoms with E-state index in [1.54, 1.807) is 31.3 Å². The number of rotatable bonds is 7. The molecule has 4 aromatic rings. The third-order valence-corrected chi connectivity index (χ3v) is 6.39. The minimum Gasteiger partial charge on any atom is -0.493 e. The average molecular weight is 514 g/mol. The number of benzene rings is 2. The Morgan fingerprint density at radius 2 is 1.84 bits per heavy atom. The molecule has 2 aromatic heterocycles. The highest BCUT2D eigenvalue weighted by Gasteiger charge is 2.35. The number of aryl methyl sites for hydroxylation is 1. The number of nitrogens with one attached hydrogen (secondary N) is 3. The molecule has 1 aliphatic rings. The SMILES string of the molecule is Cc1cnc(Nc2ccc(OCC3CCCCC3)c(C(F)(F)F)c2)nc1Nc1ccc2oc(=O)[nH]c2c1. The summed E-state index contributed by atoms with van der Waals surface area (Å²) in [7, 11) is 0. The van der Waals surface area contributed by atoms with Gasteiger partial charge in [0, 0.05) is 23.1 Å². The van der Waals surface area contributed by atoms with Crippen LogP contribution in [0, 0.1) is 12.8 Å². The van der Waals surface area contributed by atoms with Gasteiger partial charge in [0.15, 0.2) is 5.58 Å². The predicted octanol–water partition coefficient (Wildman–Crippen LogP) is 6.68. The van der Waals surface area contributed by atoms with Crippen molar-refractivity contribution >= 4 is 34.2 Å². The molecule has 1 aliphatic carbocycles. The highest BCUT2D eigenvalue weighted by atomic mass is 19.4. The second-order valence-electron chi connectivity index (χ2n) is 9.22. The van der Waals surface area contributed by atoms with Crippen molar-refractivity contribution in [2.24, 2.45) is 5.92 Å². The number of aromatic nitrogens is 3. The van der Waals surface area contributed by atoms with Crippen LogP contribution in [0.2, 0.25) is 0 Å². The van der Waals surface area contributed by atoms with Crippen molar-refractivity contribution in [3.8, 4) is 5.75 Å². The number of hydrogen-bond acceptors (Lipinski definition) is 7. The molecule has 11 heteroatoms. The molecule has 2 aromatic carbocycles. The fourth-order valence-corrected chi connectivity index (χ4v) is 4.44. The highest BCUT2D eigenvalue weighted by Crippen LogP contribution is 2.39. The van der Waals surface area contributed by atoms with Crippen LogP contribution in [0.4, 0.5) is 36.3 Å². The zero-order valence-corrected chi connectivity index (χ0v) is 20.1. The minimum atomic E-state index is -4.58. The average Bonchev–Trinajstić information content (AvgIpc) is 3.24. The summed E-state index contributed by atoms with van der Waals surface area (Å²) < 4.78 is 52.1. The van der Waals surface area contributed by atoms with E-state index >= 15 is 0 Å². The number of fused-ring (bicyclic) bond motifs is 1. The fourth-order valence-electron chi connectivity index (χ4n) is 4.44. The van der Waals surface area contributed by atoms with Crippen LogP contribution < -0.4 is 21.1 Å². The predicted molar refractivity (Wildman–Crippen MR) is 134 cm³/mol. The van der Waals surface area contributed by atoms with Crippen LogP contribution in [0.1, 0.15) is 43.2 Å². The molecule has 8 nitrogen and oxygen atoms in total. The van der Waals surface area contributed by atoms with E-state index in [0.29, 0.717) is 28.2 Å². The largest absolute Gasteiger partial charge is 0.493 e. The fraction of sp³-hybridized carbons (Fsp3) is 0.346. The number of nitrogens with zero attached hydrogens (tertiary/aromatic N) is 2. The molecule has 1 saturated carbocycles. The van der Waals surface area contributed by atoms with Crippen LogP contribution in [0.25, 0.3) is 11.1 Å². The number of oxazole rings is 1. The van der Waals surface area contributed by atoms with Gasteiger partial charge < -0.3 is 19.8 Å². The highest BCUT2D eigenvalue weighted by molar-refractivity contribution is 5.78. The van der Waals surface area contributed by atoms with Crippen LogP contribution in [-0.2, 0) is 6.18 Å². The second kappa shape index (κ2) is 10.2. The molecule has 194 valence electrons. The molecule has 0 spiro atoms. The number of ether oxygens (including phenoxy) is 1. The molecule has 5 rings (SSSR count). The smallest absolute Gasteiger partial charge is 0.420 e. The molecule has 1 fully saturated rings. The molecule has 0 amide bonds. The third kappa shape index (κ3) is 5.87. The van der Waals surface area contributed by atoms with Crippen LogP contribution in [-0.4, -0.2) is 21.6 Å². The van der Waals surface area contributed by atoms with Crippen molar-refractivity contribution in [3.63, 3.8) is 0 Å². The van der Waals surface area contributed by atoms with Gasteiger partial charge in [0.05, 0.1) is 17.7 Å². The number of H-pyrrole nitrogens is 1. The first-order valence-electron chi connectivity index (χ1n) is 12.1. The van der Waals surface area contributed by atoms with Gasteiger partial charge in [-0.2, -0.15) is 18.2 Å². The molecule has 0 unspecified atom stereocenters. The number of alkyl halides is 3. The summed E-state index contributed by atoms with van der Waals surface area (Å²) in [6, 6.07) is 8.91. The van der Waals surface area contributed by atoms with Crippen LogP contribution in [0.5, 0.6) is 5.75 Å². The summed E-state index contributed by atoms with van der Waals surface area (Å²) in [5.41, 5.74) is 1.63. The van der Waals surface area contributed by atoms with Gasteiger partial charge in [-0.25, -0.2) is 9.78 Å². The van der Waals surface area contributed by atoms with Crippen molar-refractivity contribution in [1.29, 1.82) is 0 Å². The summed E-state index contributed by atoms with van der Waals surface area (Å²) in [4.78, 5) is 22.6. The van der Waals surface area contributed by atoms with Crippen molar-refractivity contribution in [3.05, 3.63) is 64.3 Å². The summed E-state index contributed by atoms with van der Waals surface area (Å²) in [6.07, 6.45) is 2.30. The first kappa shape index (κ1) is 24.7. The lowest BCUT2D eigenvalue weighted by atomic mass is 9.90. The maximum Gasteiger partial charge on any atom is 0.420 e. The van der Waals surface area contributed by atoms with Crippen LogP contribution in [0.3, 0.4) is 0 Å². The van der Waals surface area contributed by atoms with E-state index in [9.17, 15) is 18.0 Å². The quantitative estimate of drug-likeness (QED) is 0.253. The van der Waals surface area contributed by atoms with Crippen molar-refractivity contribution < 1.29 is 22.3 Å². The Morgan fingerprint density at radius 3 is 2.62 bits per heavy atom. The third-order valence-electron chi connectivity index (χ3n) is 6.39. The topological polar surface area (TPSA) is 105 Å². The Bertz CT molecular complexity index is 1460. The minimum absolute atomic E-state index is 0.120. The van der Waals surface area contributed by atoms with Crippen molar-refractivity contribution in [2.45, 2.75) is 45.2 Å². The van der Waals surface area contributed by atoms with E-state index in [2.05, 4.69) is 25.6 Å². The van der Waals surface area contributed by atoms with E-state index in [4.69, 9.17) is 9.15 Å². The summed E-state index contributed by atoms with van der Waals surface area (Å²) in [6.45, 7) is 2.08.